The lowest BCUT2D eigenvalue weighted by Crippen LogP contribution is -2.50. The van der Waals surface area contributed by atoms with E-state index in [4.69, 9.17) is 0 Å². The monoisotopic (exact) mass is 285 g/mol. The lowest BCUT2D eigenvalue weighted by Gasteiger charge is -2.38. The maximum Gasteiger partial charge on any atom is 0.0783 e. The van der Waals surface area contributed by atoms with E-state index in [9.17, 15) is 5.02 Å². The van der Waals surface area contributed by atoms with Crippen LogP contribution in [0.2, 0.25) is 6.32 Å². The third kappa shape index (κ3) is 13.0. The van der Waals surface area contributed by atoms with Crippen LogP contribution in [-0.4, -0.2) is 38.1 Å². The van der Waals surface area contributed by atoms with Crippen LogP contribution in [0.15, 0.2) is 0 Å². The molecule has 0 N–H and O–H groups in total. The van der Waals surface area contributed by atoms with E-state index in [2.05, 4.69) is 34.6 Å². The van der Waals surface area contributed by atoms with Crippen molar-refractivity contribution >= 4 is 7.48 Å². The number of nitrogens with zero attached hydrogens (tertiary/aromatic N) is 1. The molecule has 0 aromatic heterocycles. The molecule has 3 heteroatoms. The van der Waals surface area contributed by atoms with Crippen LogP contribution in [0.25, 0.3) is 0 Å². The fraction of sp³-hybridized carbons (Fsp3) is 1.00. The van der Waals surface area contributed by atoms with Crippen LogP contribution >= 0.6 is 0 Å². The van der Waals surface area contributed by atoms with Gasteiger partial charge in [0, 0.05) is 7.48 Å². The summed E-state index contributed by atoms with van der Waals surface area (Å²) in [5.41, 5.74) is 0. The molecule has 0 heterocycles. The quantitative estimate of drug-likeness (QED) is 0.304. The van der Waals surface area contributed by atoms with Crippen LogP contribution < -0.4 is 5.02 Å². The van der Waals surface area contributed by atoms with Crippen molar-refractivity contribution in [3.8, 4) is 0 Å². The summed E-state index contributed by atoms with van der Waals surface area (Å²) in [4.78, 5) is 0. The number of unbranched alkanes of at least 4 members (excludes halogenated alkanes) is 2. The summed E-state index contributed by atoms with van der Waals surface area (Å²) in [5.74, 6) is 0. The van der Waals surface area contributed by atoms with Gasteiger partial charge in [0.15, 0.2) is 0 Å². The summed E-state index contributed by atoms with van der Waals surface area (Å²) in [6.45, 7) is 16.9. The summed E-state index contributed by atoms with van der Waals surface area (Å²) in [6.07, 6.45) is 9.77. The highest BCUT2D eigenvalue weighted by molar-refractivity contribution is 6.22. The van der Waals surface area contributed by atoms with Crippen molar-refractivity contribution in [2.24, 2.45) is 0 Å². The molecule has 0 unspecified atom stereocenters. The van der Waals surface area contributed by atoms with Gasteiger partial charge < -0.3 is 9.51 Å². The van der Waals surface area contributed by atoms with Crippen LogP contribution in [0.4, 0.5) is 0 Å². The first-order valence-corrected chi connectivity index (χ1v) is 9.09. The van der Waals surface area contributed by atoms with Crippen molar-refractivity contribution in [1.82, 2.24) is 0 Å². The Kier molecular flexibility index (Phi) is 19.0. The van der Waals surface area contributed by atoms with Gasteiger partial charge in [-0.3, -0.25) is 0 Å². The van der Waals surface area contributed by atoms with Crippen LogP contribution in [0.5, 0.6) is 0 Å². The molecular formula is C17H40BNO. The average molecular weight is 285 g/mol. The maximum atomic E-state index is 9.80. The molecule has 0 aliphatic heterocycles. The van der Waals surface area contributed by atoms with Gasteiger partial charge in [-0.05, 0) is 25.7 Å². The molecule has 0 aromatic rings. The van der Waals surface area contributed by atoms with Gasteiger partial charge in [0.25, 0.3) is 0 Å². The minimum atomic E-state index is 0.111. The predicted octanol–water partition coefficient (Wildman–Crippen LogP) is 3.75. The lowest BCUT2D eigenvalue weighted by molar-refractivity contribution is -0.928. The summed E-state index contributed by atoms with van der Waals surface area (Å²) in [5, 5.41) is 9.80. The van der Waals surface area contributed by atoms with Crippen molar-refractivity contribution < 1.29 is 9.51 Å². The van der Waals surface area contributed by atoms with Crippen molar-refractivity contribution in [2.75, 3.05) is 26.2 Å². The van der Waals surface area contributed by atoms with Crippen molar-refractivity contribution in [2.45, 2.75) is 85.9 Å². The molecular weight excluding hydrogens is 245 g/mol. The van der Waals surface area contributed by atoms with Gasteiger partial charge in [-0.25, -0.2) is 0 Å². The second-order valence-electron chi connectivity index (χ2n) is 6.00. The number of quaternary nitrogens is 1. The van der Waals surface area contributed by atoms with E-state index >= 15 is 0 Å². The van der Waals surface area contributed by atoms with E-state index in [0.717, 1.165) is 12.7 Å². The van der Waals surface area contributed by atoms with Crippen molar-refractivity contribution in [3.05, 3.63) is 0 Å². The first kappa shape index (κ1) is 22.3. The lowest BCUT2D eigenvalue weighted by atomic mass is 9.92. The molecule has 0 saturated carbocycles. The molecule has 0 radical (unpaired) electrons. The first-order valence-electron chi connectivity index (χ1n) is 9.09. The van der Waals surface area contributed by atoms with Crippen LogP contribution in [0.3, 0.4) is 0 Å². The van der Waals surface area contributed by atoms with Gasteiger partial charge in [0.05, 0.1) is 26.2 Å². The first-order chi connectivity index (χ1) is 9.66. The molecule has 0 amide bonds. The smallest absolute Gasteiger partial charge is 0.0783 e. The second kappa shape index (κ2) is 17.0. The highest BCUT2D eigenvalue weighted by Crippen LogP contribution is 2.12. The Hall–Kier alpha value is -0.0151. The van der Waals surface area contributed by atoms with Crippen molar-refractivity contribution in [3.63, 3.8) is 0 Å². The normalized spacial score (nSPS) is 10.9. The molecule has 0 aliphatic rings. The summed E-state index contributed by atoms with van der Waals surface area (Å²) in [7, 11) is 0.111. The SMILES string of the molecule is CCCCCB[O-].CCC[N+](CCC)(CCC)CCC. The zero-order valence-corrected chi connectivity index (χ0v) is 15.0. The summed E-state index contributed by atoms with van der Waals surface area (Å²) < 4.78 is 1.38. The number of hydrogen-bond acceptors (Lipinski definition) is 1. The zero-order valence-electron chi connectivity index (χ0n) is 15.0. The molecule has 20 heavy (non-hydrogen) atoms. The second-order valence-corrected chi connectivity index (χ2v) is 6.00. The van der Waals surface area contributed by atoms with Gasteiger partial charge in [0.1, 0.15) is 0 Å². The van der Waals surface area contributed by atoms with E-state index in [1.54, 1.807) is 0 Å². The zero-order chi connectivity index (χ0) is 15.7. The molecule has 0 aromatic carbocycles. The molecule has 2 nitrogen and oxygen atoms in total. The van der Waals surface area contributed by atoms with E-state index in [-0.39, 0.29) is 7.48 Å². The standard InChI is InChI=1S/C12H28N.C5H12BO/c1-5-9-13(10-6-2,11-7-3)12-8-4;1-2-3-4-5-6-7/h5-12H2,1-4H3;6H,2-5H2,1H3/q+1;-1. The molecule has 122 valence electrons. The molecule has 0 atom stereocenters. The fourth-order valence-electron chi connectivity index (χ4n) is 3.10. The molecule has 0 fully saturated rings. The van der Waals surface area contributed by atoms with Crippen LogP contribution in [0.1, 0.15) is 79.6 Å². The van der Waals surface area contributed by atoms with E-state index in [1.807, 2.05) is 0 Å². The average Bonchev–Trinajstić information content (AvgIpc) is 2.41. The Labute approximate surface area is 129 Å². The maximum absolute atomic E-state index is 9.80. The van der Waals surface area contributed by atoms with E-state index in [1.165, 1.54) is 69.2 Å². The number of rotatable bonds is 12. The minimum Gasteiger partial charge on any atom is -0.882 e. The van der Waals surface area contributed by atoms with Crippen LogP contribution in [0, 0.1) is 0 Å². The molecule has 0 spiro atoms. The van der Waals surface area contributed by atoms with Gasteiger partial charge in [-0.2, -0.15) is 0 Å². The molecule has 0 bridgehead atoms. The van der Waals surface area contributed by atoms with Gasteiger partial charge in [0.2, 0.25) is 0 Å². The Morgan fingerprint density at radius 3 is 1.30 bits per heavy atom. The highest BCUT2D eigenvalue weighted by Gasteiger charge is 2.22. The number of hydrogen-bond donors (Lipinski definition) is 0. The third-order valence-electron chi connectivity index (χ3n) is 3.79. The van der Waals surface area contributed by atoms with E-state index < -0.39 is 0 Å². The van der Waals surface area contributed by atoms with Gasteiger partial charge in [-0.15, -0.1) is 0 Å². The fourth-order valence-corrected chi connectivity index (χ4v) is 3.10. The van der Waals surface area contributed by atoms with Crippen LogP contribution in [-0.2, 0) is 0 Å². The molecule has 0 rings (SSSR count). The van der Waals surface area contributed by atoms with Crippen molar-refractivity contribution in [1.29, 1.82) is 0 Å². The Morgan fingerprint density at radius 2 is 1.05 bits per heavy atom. The highest BCUT2D eigenvalue weighted by atomic mass is 16.2. The van der Waals surface area contributed by atoms with E-state index in [0.29, 0.717) is 0 Å². The van der Waals surface area contributed by atoms with Gasteiger partial charge in [-0.1, -0.05) is 60.2 Å². The molecule has 0 saturated heterocycles. The Balaban J connectivity index is 0. The predicted molar refractivity (Wildman–Crippen MR) is 92.4 cm³/mol. The third-order valence-corrected chi connectivity index (χ3v) is 3.79. The van der Waals surface area contributed by atoms with Gasteiger partial charge >= 0.3 is 0 Å². The Bertz CT molecular complexity index is 143. The topological polar surface area (TPSA) is 23.1 Å². The molecule has 0 aliphatic carbocycles. The summed E-state index contributed by atoms with van der Waals surface area (Å²) in [6, 6.07) is 0. The minimum absolute atomic E-state index is 0.111. The Morgan fingerprint density at radius 1 is 0.650 bits per heavy atom. The largest absolute Gasteiger partial charge is 0.882 e. The summed E-state index contributed by atoms with van der Waals surface area (Å²) >= 11 is 0.